The van der Waals surface area contributed by atoms with Gasteiger partial charge in [-0.05, 0) is 38.1 Å². The lowest BCUT2D eigenvalue weighted by molar-refractivity contribution is 0.466. The normalized spacial score (nSPS) is 11.5. The number of H-pyrrole nitrogens is 1. The minimum absolute atomic E-state index is 0.160. The van der Waals surface area contributed by atoms with E-state index in [1.807, 2.05) is 26.0 Å². The van der Waals surface area contributed by atoms with Gasteiger partial charge in [-0.25, -0.2) is 9.97 Å². The molecule has 122 valence electrons. The second-order valence-electron chi connectivity index (χ2n) is 5.51. The van der Waals surface area contributed by atoms with Crippen LogP contribution in [0, 0.1) is 5.41 Å². The summed E-state index contributed by atoms with van der Waals surface area (Å²) >= 11 is 0. The quantitative estimate of drug-likeness (QED) is 0.622. The SMILES string of the molecule is CC(C)n1ncc(C(=N)/C=C\c2ncc(-c3cccnc3N)[nH]2)n1. The molecule has 4 N–H and O–H groups in total. The van der Waals surface area contributed by atoms with Crippen LogP contribution in [0.4, 0.5) is 5.82 Å². The highest BCUT2D eigenvalue weighted by Crippen LogP contribution is 2.21. The minimum Gasteiger partial charge on any atom is -0.383 e. The summed E-state index contributed by atoms with van der Waals surface area (Å²) < 4.78 is 0. The van der Waals surface area contributed by atoms with E-state index in [9.17, 15) is 0 Å². The van der Waals surface area contributed by atoms with Gasteiger partial charge in [-0.2, -0.15) is 15.0 Å². The Balaban J connectivity index is 1.75. The van der Waals surface area contributed by atoms with Gasteiger partial charge >= 0.3 is 0 Å². The van der Waals surface area contributed by atoms with Crippen LogP contribution in [0.3, 0.4) is 0 Å². The number of nitrogen functional groups attached to an aromatic ring is 1. The lowest BCUT2D eigenvalue weighted by atomic mass is 10.2. The standard InChI is InChI=1S/C16H18N8/c1-10(2)24-21-9-14(23-24)12(17)5-6-15-20-8-13(22-15)11-4-3-7-19-16(11)18/h3-10,17H,1-2H3,(H2,18,19)(H,20,22)/b6-5-,17-12?. The van der Waals surface area contributed by atoms with E-state index in [4.69, 9.17) is 11.1 Å². The first-order chi connectivity index (χ1) is 11.5. The predicted octanol–water partition coefficient (Wildman–Crippen LogP) is 2.31. The Hall–Kier alpha value is -3.29. The first-order valence-corrected chi connectivity index (χ1v) is 7.49. The molecule has 0 atom stereocenters. The van der Waals surface area contributed by atoms with Crippen LogP contribution in [0.5, 0.6) is 0 Å². The third-order valence-corrected chi connectivity index (χ3v) is 3.38. The smallest absolute Gasteiger partial charge is 0.132 e. The number of aromatic nitrogens is 6. The van der Waals surface area contributed by atoms with E-state index in [1.54, 1.807) is 35.5 Å². The largest absolute Gasteiger partial charge is 0.383 e. The van der Waals surface area contributed by atoms with Crippen LogP contribution in [0.2, 0.25) is 0 Å². The third kappa shape index (κ3) is 3.22. The molecule has 0 spiro atoms. The highest BCUT2D eigenvalue weighted by Gasteiger charge is 2.08. The summed E-state index contributed by atoms with van der Waals surface area (Å²) in [7, 11) is 0. The Kier molecular flexibility index (Phi) is 4.19. The van der Waals surface area contributed by atoms with Gasteiger partial charge in [0.05, 0.1) is 29.8 Å². The number of anilines is 1. The Morgan fingerprint density at radius 1 is 1.33 bits per heavy atom. The number of aromatic amines is 1. The highest BCUT2D eigenvalue weighted by molar-refractivity contribution is 6.06. The van der Waals surface area contributed by atoms with Crippen molar-refractivity contribution in [1.29, 1.82) is 5.41 Å². The fourth-order valence-electron chi connectivity index (χ4n) is 2.10. The molecular formula is C16H18N8. The van der Waals surface area contributed by atoms with Crippen molar-refractivity contribution in [2.45, 2.75) is 19.9 Å². The topological polar surface area (TPSA) is 122 Å². The molecular weight excluding hydrogens is 304 g/mol. The van der Waals surface area contributed by atoms with Crippen molar-refractivity contribution < 1.29 is 0 Å². The maximum Gasteiger partial charge on any atom is 0.132 e. The van der Waals surface area contributed by atoms with E-state index >= 15 is 0 Å². The van der Waals surface area contributed by atoms with Crippen LogP contribution in [0.1, 0.15) is 31.4 Å². The molecule has 8 heteroatoms. The van der Waals surface area contributed by atoms with E-state index in [2.05, 4.69) is 25.1 Å². The Morgan fingerprint density at radius 2 is 2.17 bits per heavy atom. The van der Waals surface area contributed by atoms with Gasteiger partial charge in [0.15, 0.2) is 0 Å². The first kappa shape index (κ1) is 15.6. The van der Waals surface area contributed by atoms with Crippen molar-refractivity contribution in [3.05, 3.63) is 48.3 Å². The second-order valence-corrected chi connectivity index (χ2v) is 5.51. The fourth-order valence-corrected chi connectivity index (χ4v) is 2.10. The molecule has 0 saturated carbocycles. The average molecular weight is 322 g/mol. The summed E-state index contributed by atoms with van der Waals surface area (Å²) in [6.07, 6.45) is 8.25. The summed E-state index contributed by atoms with van der Waals surface area (Å²) in [6, 6.07) is 3.85. The predicted molar refractivity (Wildman–Crippen MR) is 92.5 cm³/mol. The third-order valence-electron chi connectivity index (χ3n) is 3.38. The van der Waals surface area contributed by atoms with Crippen molar-refractivity contribution in [3.8, 4) is 11.3 Å². The summed E-state index contributed by atoms with van der Waals surface area (Å²) in [5.74, 6) is 1.06. The van der Waals surface area contributed by atoms with Gasteiger partial charge in [-0.15, -0.1) is 0 Å². The van der Waals surface area contributed by atoms with Crippen LogP contribution in [0.15, 0.2) is 36.8 Å². The van der Waals surface area contributed by atoms with Gasteiger partial charge in [0, 0.05) is 11.8 Å². The van der Waals surface area contributed by atoms with E-state index < -0.39 is 0 Å². The van der Waals surface area contributed by atoms with Crippen LogP contribution in [0.25, 0.3) is 17.3 Å². The summed E-state index contributed by atoms with van der Waals surface area (Å²) in [5.41, 5.74) is 8.21. The number of nitrogens with zero attached hydrogens (tertiary/aromatic N) is 5. The van der Waals surface area contributed by atoms with Gasteiger partial charge in [0.2, 0.25) is 0 Å². The van der Waals surface area contributed by atoms with Crippen molar-refractivity contribution in [3.63, 3.8) is 0 Å². The molecule has 0 aromatic carbocycles. The lowest BCUT2D eigenvalue weighted by Gasteiger charge is -2.00. The number of rotatable bonds is 5. The number of hydrogen-bond donors (Lipinski definition) is 3. The molecule has 3 heterocycles. The summed E-state index contributed by atoms with van der Waals surface area (Å²) in [6.45, 7) is 3.97. The molecule has 3 rings (SSSR count). The van der Waals surface area contributed by atoms with Crippen LogP contribution in [-0.2, 0) is 0 Å². The number of hydrogen-bond acceptors (Lipinski definition) is 6. The Labute approximate surface area is 139 Å². The van der Waals surface area contributed by atoms with Gasteiger partial charge < -0.3 is 10.7 Å². The van der Waals surface area contributed by atoms with Crippen molar-refractivity contribution in [2.75, 3.05) is 5.73 Å². The van der Waals surface area contributed by atoms with Crippen LogP contribution in [-0.4, -0.2) is 35.7 Å². The second kappa shape index (κ2) is 6.45. The van der Waals surface area contributed by atoms with Gasteiger partial charge in [0.1, 0.15) is 17.3 Å². The van der Waals surface area contributed by atoms with Gasteiger partial charge in [0.25, 0.3) is 0 Å². The fraction of sp³-hybridized carbons (Fsp3) is 0.188. The average Bonchev–Trinajstić information content (AvgIpc) is 3.22. The van der Waals surface area contributed by atoms with Crippen molar-refractivity contribution in [1.82, 2.24) is 29.9 Å². The summed E-state index contributed by atoms with van der Waals surface area (Å²) in [5, 5.41) is 16.5. The Bertz CT molecular complexity index is 887. The Morgan fingerprint density at radius 3 is 2.88 bits per heavy atom. The number of nitrogens with one attached hydrogen (secondary N) is 2. The zero-order chi connectivity index (χ0) is 17.1. The molecule has 0 bridgehead atoms. The van der Waals surface area contributed by atoms with E-state index in [-0.39, 0.29) is 11.8 Å². The maximum absolute atomic E-state index is 8.06. The van der Waals surface area contributed by atoms with Crippen LogP contribution < -0.4 is 5.73 Å². The molecule has 0 radical (unpaired) electrons. The maximum atomic E-state index is 8.06. The molecule has 0 amide bonds. The van der Waals surface area contributed by atoms with E-state index in [1.165, 1.54) is 0 Å². The van der Waals surface area contributed by atoms with Gasteiger partial charge in [-0.3, -0.25) is 5.41 Å². The molecule has 0 aliphatic heterocycles. The van der Waals surface area contributed by atoms with E-state index in [0.717, 1.165) is 11.3 Å². The molecule has 0 saturated heterocycles. The molecule has 0 aliphatic rings. The minimum atomic E-state index is 0.160. The highest BCUT2D eigenvalue weighted by atomic mass is 15.5. The molecule has 24 heavy (non-hydrogen) atoms. The van der Waals surface area contributed by atoms with E-state index in [0.29, 0.717) is 17.3 Å². The molecule has 0 fully saturated rings. The zero-order valence-electron chi connectivity index (χ0n) is 13.4. The lowest BCUT2D eigenvalue weighted by Crippen LogP contribution is -2.06. The molecule has 3 aromatic rings. The zero-order valence-corrected chi connectivity index (χ0v) is 13.4. The van der Waals surface area contributed by atoms with Gasteiger partial charge in [-0.1, -0.05) is 0 Å². The molecule has 8 nitrogen and oxygen atoms in total. The number of nitrogens with two attached hydrogens (primary N) is 1. The molecule has 3 aromatic heterocycles. The van der Waals surface area contributed by atoms with Crippen molar-refractivity contribution >= 4 is 17.6 Å². The van der Waals surface area contributed by atoms with Crippen LogP contribution >= 0.6 is 0 Å². The number of allylic oxidation sites excluding steroid dienone is 1. The van der Waals surface area contributed by atoms with Crippen molar-refractivity contribution in [2.24, 2.45) is 0 Å². The monoisotopic (exact) mass is 322 g/mol. The summed E-state index contributed by atoms with van der Waals surface area (Å²) in [4.78, 5) is 13.0. The number of imidazole rings is 1. The molecule has 0 aliphatic carbocycles. The number of pyridine rings is 1. The molecule has 0 unspecified atom stereocenters. The first-order valence-electron chi connectivity index (χ1n) is 7.49.